The lowest BCUT2D eigenvalue weighted by molar-refractivity contribution is 0.0533. The van der Waals surface area contributed by atoms with E-state index in [0.717, 1.165) is 5.69 Å². The van der Waals surface area contributed by atoms with Gasteiger partial charge >= 0.3 is 0 Å². The van der Waals surface area contributed by atoms with Crippen LogP contribution in [-0.2, 0) is 0 Å². The van der Waals surface area contributed by atoms with E-state index in [-0.39, 0.29) is 11.8 Å². The molecule has 0 unspecified atom stereocenters. The normalized spacial score (nSPS) is 13.9. The molecule has 1 aliphatic rings. The Bertz CT molecular complexity index is 1050. The minimum absolute atomic E-state index is 0.0769. The summed E-state index contributed by atoms with van der Waals surface area (Å²) < 4.78 is 7.34. The summed E-state index contributed by atoms with van der Waals surface area (Å²) in [4.78, 5) is 33.2. The number of hydrogen-bond acceptors (Lipinski definition) is 4. The highest BCUT2D eigenvalue weighted by Gasteiger charge is 2.27. The molecule has 0 bridgehead atoms. The highest BCUT2D eigenvalue weighted by Crippen LogP contribution is 2.31. The fraction of sp³-hybridized carbons (Fsp3) is 0.227. The smallest absolute Gasteiger partial charge is 0.257 e. The van der Waals surface area contributed by atoms with Gasteiger partial charge in [-0.05, 0) is 30.3 Å². The van der Waals surface area contributed by atoms with Crippen LogP contribution in [0.15, 0.2) is 61.2 Å². The molecule has 1 saturated heterocycles. The summed E-state index contributed by atoms with van der Waals surface area (Å²) in [5, 5.41) is 0.459. The zero-order chi connectivity index (χ0) is 21.1. The van der Waals surface area contributed by atoms with E-state index in [4.69, 9.17) is 16.3 Å². The van der Waals surface area contributed by atoms with E-state index in [2.05, 4.69) is 4.98 Å². The van der Waals surface area contributed by atoms with Gasteiger partial charge in [0.1, 0.15) is 5.75 Å². The second-order valence-electron chi connectivity index (χ2n) is 6.92. The summed E-state index contributed by atoms with van der Waals surface area (Å²) in [7, 11) is 1.53. The van der Waals surface area contributed by atoms with Gasteiger partial charge in [-0.25, -0.2) is 0 Å². The number of nitrogens with zero attached hydrogens (tertiary/aromatic N) is 4. The number of carbonyl (C=O) groups is 2. The molecule has 1 aliphatic heterocycles. The van der Waals surface area contributed by atoms with Crippen LogP contribution in [0.5, 0.6) is 5.75 Å². The summed E-state index contributed by atoms with van der Waals surface area (Å²) >= 11 is 6.46. The molecule has 3 aromatic rings. The number of rotatable bonds is 4. The van der Waals surface area contributed by atoms with Gasteiger partial charge in [-0.15, -0.1) is 0 Å². The molecule has 2 amide bonds. The Morgan fingerprint density at radius 1 is 1.00 bits per heavy atom. The van der Waals surface area contributed by atoms with E-state index in [1.165, 1.54) is 7.11 Å². The van der Waals surface area contributed by atoms with Crippen molar-refractivity contribution in [2.45, 2.75) is 0 Å². The van der Waals surface area contributed by atoms with Crippen molar-refractivity contribution in [2.75, 3.05) is 33.3 Å². The molecule has 7 nitrogen and oxygen atoms in total. The van der Waals surface area contributed by atoms with Crippen molar-refractivity contribution in [1.29, 1.82) is 0 Å². The van der Waals surface area contributed by atoms with Crippen LogP contribution < -0.4 is 4.74 Å². The number of methoxy groups -OCH3 is 1. The maximum atomic E-state index is 13.1. The summed E-state index contributed by atoms with van der Waals surface area (Å²) in [6, 6.07) is 10.7. The number of piperazine rings is 1. The number of carbonyl (C=O) groups excluding carboxylic acids is 2. The molecule has 1 fully saturated rings. The van der Waals surface area contributed by atoms with Gasteiger partial charge in [0.05, 0.1) is 28.9 Å². The number of benzene rings is 1. The van der Waals surface area contributed by atoms with Crippen LogP contribution in [0.4, 0.5) is 0 Å². The molecule has 8 heteroatoms. The third-order valence-electron chi connectivity index (χ3n) is 5.14. The highest BCUT2D eigenvalue weighted by molar-refractivity contribution is 6.33. The Balaban J connectivity index is 1.49. The van der Waals surface area contributed by atoms with Crippen molar-refractivity contribution in [1.82, 2.24) is 19.4 Å². The average molecular weight is 425 g/mol. The lowest BCUT2D eigenvalue weighted by Crippen LogP contribution is -2.50. The van der Waals surface area contributed by atoms with Crippen molar-refractivity contribution in [3.63, 3.8) is 0 Å². The van der Waals surface area contributed by atoms with Gasteiger partial charge in [-0.1, -0.05) is 11.6 Å². The zero-order valence-corrected chi connectivity index (χ0v) is 17.2. The Hall–Kier alpha value is -3.32. The Labute approximate surface area is 179 Å². The maximum Gasteiger partial charge on any atom is 0.257 e. The molecule has 30 heavy (non-hydrogen) atoms. The van der Waals surface area contributed by atoms with Gasteiger partial charge in [0.25, 0.3) is 11.8 Å². The molecule has 0 atom stereocenters. The molecular formula is C22H21ClN4O3. The van der Waals surface area contributed by atoms with Crippen LogP contribution in [0, 0.1) is 0 Å². The fourth-order valence-corrected chi connectivity index (χ4v) is 3.79. The lowest BCUT2D eigenvalue weighted by Gasteiger charge is -2.35. The van der Waals surface area contributed by atoms with Crippen LogP contribution >= 0.6 is 11.6 Å². The zero-order valence-electron chi connectivity index (χ0n) is 16.5. The van der Waals surface area contributed by atoms with Gasteiger partial charge in [0, 0.05) is 57.0 Å². The van der Waals surface area contributed by atoms with Gasteiger partial charge in [-0.2, -0.15) is 0 Å². The average Bonchev–Trinajstić information content (AvgIpc) is 3.33. The number of ether oxygens (including phenoxy) is 1. The van der Waals surface area contributed by atoms with Crippen LogP contribution in [0.1, 0.15) is 20.7 Å². The van der Waals surface area contributed by atoms with Crippen LogP contribution in [0.25, 0.3) is 5.69 Å². The molecule has 0 N–H and O–H groups in total. The van der Waals surface area contributed by atoms with E-state index in [1.807, 2.05) is 29.1 Å². The number of amides is 2. The van der Waals surface area contributed by atoms with Crippen LogP contribution in [-0.4, -0.2) is 64.5 Å². The second-order valence-corrected chi connectivity index (χ2v) is 7.33. The summed E-state index contributed by atoms with van der Waals surface area (Å²) in [6.07, 6.45) is 6.94. The van der Waals surface area contributed by atoms with E-state index in [9.17, 15) is 9.59 Å². The number of aromatic nitrogens is 2. The quantitative estimate of drug-likeness (QED) is 0.645. The van der Waals surface area contributed by atoms with Crippen molar-refractivity contribution in [3.8, 4) is 11.4 Å². The summed E-state index contributed by atoms with van der Waals surface area (Å²) in [6.45, 7) is 1.78. The maximum absolute atomic E-state index is 13.1. The van der Waals surface area contributed by atoms with Crippen molar-refractivity contribution >= 4 is 23.4 Å². The fourth-order valence-electron chi connectivity index (χ4n) is 3.53. The first-order valence-electron chi connectivity index (χ1n) is 9.58. The Morgan fingerprint density at radius 3 is 2.27 bits per heavy atom. The summed E-state index contributed by atoms with van der Waals surface area (Å²) in [5.74, 6) is 0.218. The number of hydrogen-bond donors (Lipinski definition) is 0. The predicted molar refractivity (Wildman–Crippen MR) is 113 cm³/mol. The topological polar surface area (TPSA) is 67.7 Å². The molecule has 4 rings (SSSR count). The first-order valence-corrected chi connectivity index (χ1v) is 9.95. The van der Waals surface area contributed by atoms with Gasteiger partial charge < -0.3 is 19.1 Å². The van der Waals surface area contributed by atoms with E-state index in [1.54, 1.807) is 46.5 Å². The van der Waals surface area contributed by atoms with Crippen molar-refractivity contribution < 1.29 is 14.3 Å². The van der Waals surface area contributed by atoms with Crippen molar-refractivity contribution in [2.24, 2.45) is 0 Å². The first kappa shape index (κ1) is 20.0. The first-order chi connectivity index (χ1) is 14.6. The highest BCUT2D eigenvalue weighted by atomic mass is 35.5. The predicted octanol–water partition coefficient (Wildman–Crippen LogP) is 3.13. The molecule has 1 aromatic carbocycles. The van der Waals surface area contributed by atoms with E-state index >= 15 is 0 Å². The lowest BCUT2D eigenvalue weighted by atomic mass is 10.1. The Morgan fingerprint density at radius 2 is 1.67 bits per heavy atom. The minimum atomic E-state index is -0.165. The monoisotopic (exact) mass is 424 g/mol. The van der Waals surface area contributed by atoms with Crippen LogP contribution in [0.2, 0.25) is 5.02 Å². The second kappa shape index (κ2) is 8.59. The molecule has 0 aliphatic carbocycles. The van der Waals surface area contributed by atoms with Crippen LogP contribution in [0.3, 0.4) is 0 Å². The molecule has 0 radical (unpaired) electrons. The third-order valence-corrected chi connectivity index (χ3v) is 5.45. The molecule has 2 aromatic heterocycles. The largest absolute Gasteiger partial charge is 0.496 e. The summed E-state index contributed by atoms with van der Waals surface area (Å²) in [5.41, 5.74) is 1.69. The number of halogens is 1. The van der Waals surface area contributed by atoms with E-state index < -0.39 is 0 Å². The van der Waals surface area contributed by atoms with E-state index in [0.29, 0.717) is 48.1 Å². The molecule has 0 spiro atoms. The minimum Gasteiger partial charge on any atom is -0.496 e. The van der Waals surface area contributed by atoms with Gasteiger partial charge in [-0.3, -0.25) is 14.6 Å². The standard InChI is InChI=1S/C22H21ClN4O3/c1-30-20-14-19(25-7-2-3-8-25)18(23)13-17(20)22(29)27-11-9-26(10-12-27)21(28)16-5-4-6-24-15-16/h2-8,13-15H,9-12H2,1H3. The molecule has 0 saturated carbocycles. The van der Waals surface area contributed by atoms with Gasteiger partial charge in [0.15, 0.2) is 0 Å². The van der Waals surface area contributed by atoms with Gasteiger partial charge in [0.2, 0.25) is 0 Å². The molecule has 3 heterocycles. The molecular weight excluding hydrogens is 404 g/mol. The van der Waals surface area contributed by atoms with Crippen molar-refractivity contribution in [3.05, 3.63) is 77.3 Å². The Kier molecular flexibility index (Phi) is 5.72. The third kappa shape index (κ3) is 3.89. The molecule has 154 valence electrons. The SMILES string of the molecule is COc1cc(-n2cccc2)c(Cl)cc1C(=O)N1CCN(C(=O)c2cccnc2)CC1. The number of pyridine rings is 1.